The Bertz CT molecular complexity index is 551. The van der Waals surface area contributed by atoms with Crippen molar-refractivity contribution in [2.75, 3.05) is 0 Å². The van der Waals surface area contributed by atoms with Crippen molar-refractivity contribution in [3.63, 3.8) is 0 Å². The number of aryl methyl sites for hydroxylation is 2. The highest BCUT2D eigenvalue weighted by molar-refractivity contribution is 5.28. The fourth-order valence-electron chi connectivity index (χ4n) is 2.54. The summed E-state index contributed by atoms with van der Waals surface area (Å²) in [6.45, 7) is 2.99. The van der Waals surface area contributed by atoms with Crippen LogP contribution in [0.5, 0.6) is 0 Å². The first kappa shape index (κ1) is 11.4. The minimum absolute atomic E-state index is 0.397. The molecule has 1 aliphatic carbocycles. The van der Waals surface area contributed by atoms with Gasteiger partial charge >= 0.3 is 0 Å². The molecule has 0 saturated heterocycles. The molecule has 2 aromatic rings. The smallest absolute Gasteiger partial charge is 0.0605 e. The standard InChI is InChI=1S/C15H17N3/c1-11-9-16-8-6-13(11)10-18-14-5-4-12-3-2-7-17-15(12)14/h2-3,6-9,14,18H,4-5,10H2,1H3. The van der Waals surface area contributed by atoms with Crippen LogP contribution in [0.25, 0.3) is 0 Å². The van der Waals surface area contributed by atoms with Gasteiger partial charge in [0.1, 0.15) is 0 Å². The molecule has 3 nitrogen and oxygen atoms in total. The average molecular weight is 239 g/mol. The number of hydrogen-bond donors (Lipinski definition) is 1. The average Bonchev–Trinajstić information content (AvgIpc) is 2.81. The lowest BCUT2D eigenvalue weighted by atomic mass is 10.1. The normalized spacial score (nSPS) is 17.7. The van der Waals surface area contributed by atoms with E-state index < -0.39 is 0 Å². The van der Waals surface area contributed by atoms with Gasteiger partial charge in [0.2, 0.25) is 0 Å². The van der Waals surface area contributed by atoms with Crippen LogP contribution in [0, 0.1) is 6.92 Å². The third kappa shape index (κ3) is 2.14. The van der Waals surface area contributed by atoms with Crippen LogP contribution in [-0.4, -0.2) is 9.97 Å². The van der Waals surface area contributed by atoms with Crippen molar-refractivity contribution < 1.29 is 0 Å². The highest BCUT2D eigenvalue weighted by atomic mass is 14.9. The van der Waals surface area contributed by atoms with Crippen molar-refractivity contribution in [1.82, 2.24) is 15.3 Å². The largest absolute Gasteiger partial charge is 0.304 e. The van der Waals surface area contributed by atoms with Crippen molar-refractivity contribution in [2.45, 2.75) is 32.4 Å². The van der Waals surface area contributed by atoms with Crippen LogP contribution in [-0.2, 0) is 13.0 Å². The Balaban J connectivity index is 1.71. The van der Waals surface area contributed by atoms with Gasteiger partial charge in [-0.3, -0.25) is 9.97 Å². The Morgan fingerprint density at radius 2 is 2.28 bits per heavy atom. The third-order valence-electron chi connectivity index (χ3n) is 3.63. The molecule has 3 heteroatoms. The van der Waals surface area contributed by atoms with Crippen LogP contribution in [0.4, 0.5) is 0 Å². The number of hydrogen-bond acceptors (Lipinski definition) is 3. The lowest BCUT2D eigenvalue weighted by Crippen LogP contribution is -2.20. The SMILES string of the molecule is Cc1cnccc1CNC1CCc2cccnc21. The lowest BCUT2D eigenvalue weighted by molar-refractivity contribution is 0.520. The van der Waals surface area contributed by atoms with Gasteiger partial charge in [-0.25, -0.2) is 0 Å². The fourth-order valence-corrected chi connectivity index (χ4v) is 2.54. The Hall–Kier alpha value is -1.74. The summed E-state index contributed by atoms with van der Waals surface area (Å²) in [6, 6.07) is 6.68. The molecule has 2 aromatic heterocycles. The van der Waals surface area contributed by atoms with Crippen molar-refractivity contribution in [1.29, 1.82) is 0 Å². The van der Waals surface area contributed by atoms with Crippen LogP contribution in [0.3, 0.4) is 0 Å². The van der Waals surface area contributed by atoms with E-state index in [-0.39, 0.29) is 0 Å². The van der Waals surface area contributed by atoms with Gasteiger partial charge < -0.3 is 5.32 Å². The number of nitrogens with zero attached hydrogens (tertiary/aromatic N) is 2. The Kier molecular flexibility index (Phi) is 3.07. The number of nitrogens with one attached hydrogen (secondary N) is 1. The van der Waals surface area contributed by atoms with Crippen LogP contribution in [0.15, 0.2) is 36.8 Å². The molecule has 0 amide bonds. The summed E-state index contributed by atoms with van der Waals surface area (Å²) in [5.74, 6) is 0. The quantitative estimate of drug-likeness (QED) is 0.894. The van der Waals surface area contributed by atoms with Crippen molar-refractivity contribution >= 4 is 0 Å². The maximum atomic E-state index is 4.50. The summed E-state index contributed by atoms with van der Waals surface area (Å²) in [5, 5.41) is 3.60. The van der Waals surface area contributed by atoms with Crippen LogP contribution < -0.4 is 5.32 Å². The van der Waals surface area contributed by atoms with Gasteiger partial charge in [-0.2, -0.15) is 0 Å². The van der Waals surface area contributed by atoms with E-state index in [2.05, 4.69) is 34.3 Å². The molecule has 1 unspecified atom stereocenters. The van der Waals surface area contributed by atoms with E-state index in [0.29, 0.717) is 6.04 Å². The molecule has 0 radical (unpaired) electrons. The Morgan fingerprint density at radius 1 is 1.33 bits per heavy atom. The van der Waals surface area contributed by atoms with Gasteiger partial charge in [-0.05, 0) is 48.6 Å². The van der Waals surface area contributed by atoms with E-state index >= 15 is 0 Å². The zero-order chi connectivity index (χ0) is 12.4. The monoisotopic (exact) mass is 239 g/mol. The molecular weight excluding hydrogens is 222 g/mol. The molecule has 1 atom stereocenters. The minimum Gasteiger partial charge on any atom is -0.304 e. The summed E-state index contributed by atoms with van der Waals surface area (Å²) in [4.78, 5) is 8.62. The maximum absolute atomic E-state index is 4.50. The van der Waals surface area contributed by atoms with Gasteiger partial charge in [0, 0.05) is 25.1 Å². The molecule has 0 aliphatic heterocycles. The molecular formula is C15H17N3. The predicted octanol–water partition coefficient (Wildman–Crippen LogP) is 2.56. The first-order valence-corrected chi connectivity index (χ1v) is 6.41. The molecule has 3 rings (SSSR count). The first-order valence-electron chi connectivity index (χ1n) is 6.41. The number of rotatable bonds is 3. The van der Waals surface area contributed by atoms with Crippen LogP contribution in [0.2, 0.25) is 0 Å². The summed E-state index contributed by atoms with van der Waals surface area (Å²) in [5.41, 5.74) is 5.17. The molecule has 18 heavy (non-hydrogen) atoms. The van der Waals surface area contributed by atoms with E-state index in [4.69, 9.17) is 0 Å². The second-order valence-electron chi connectivity index (χ2n) is 4.82. The highest BCUT2D eigenvalue weighted by Gasteiger charge is 2.22. The molecule has 0 bridgehead atoms. The van der Waals surface area contributed by atoms with Crippen LogP contribution in [0.1, 0.15) is 34.8 Å². The first-order chi connectivity index (χ1) is 8.84. The van der Waals surface area contributed by atoms with Gasteiger partial charge in [-0.1, -0.05) is 6.07 Å². The molecule has 0 fully saturated rings. The van der Waals surface area contributed by atoms with Crippen molar-refractivity contribution in [3.8, 4) is 0 Å². The predicted molar refractivity (Wildman–Crippen MR) is 71.1 cm³/mol. The molecule has 1 N–H and O–H groups in total. The van der Waals surface area contributed by atoms with Crippen LogP contribution >= 0.6 is 0 Å². The summed E-state index contributed by atoms with van der Waals surface area (Å²) in [7, 11) is 0. The van der Waals surface area contributed by atoms with E-state index in [9.17, 15) is 0 Å². The summed E-state index contributed by atoms with van der Waals surface area (Å²) < 4.78 is 0. The minimum atomic E-state index is 0.397. The lowest BCUT2D eigenvalue weighted by Gasteiger charge is -2.14. The fraction of sp³-hybridized carbons (Fsp3) is 0.333. The molecule has 0 aromatic carbocycles. The van der Waals surface area contributed by atoms with Gasteiger partial charge in [-0.15, -0.1) is 0 Å². The summed E-state index contributed by atoms with van der Waals surface area (Å²) in [6.07, 6.45) is 7.94. The Morgan fingerprint density at radius 3 is 3.17 bits per heavy atom. The van der Waals surface area contributed by atoms with E-state index in [0.717, 1.165) is 19.4 Å². The maximum Gasteiger partial charge on any atom is 0.0605 e. The molecule has 1 aliphatic rings. The van der Waals surface area contributed by atoms with Gasteiger partial charge in [0.25, 0.3) is 0 Å². The molecule has 92 valence electrons. The second kappa shape index (κ2) is 4.86. The summed E-state index contributed by atoms with van der Waals surface area (Å²) >= 11 is 0. The van der Waals surface area contributed by atoms with Gasteiger partial charge in [0.05, 0.1) is 11.7 Å². The topological polar surface area (TPSA) is 37.8 Å². The van der Waals surface area contributed by atoms with E-state index in [1.54, 1.807) is 0 Å². The molecule has 0 spiro atoms. The number of pyridine rings is 2. The Labute approximate surface area is 107 Å². The number of aromatic nitrogens is 2. The van der Waals surface area contributed by atoms with E-state index in [1.165, 1.54) is 22.4 Å². The van der Waals surface area contributed by atoms with Gasteiger partial charge in [0.15, 0.2) is 0 Å². The van der Waals surface area contributed by atoms with Crippen molar-refractivity contribution in [3.05, 3.63) is 59.2 Å². The van der Waals surface area contributed by atoms with Crippen molar-refractivity contribution in [2.24, 2.45) is 0 Å². The molecule has 0 saturated carbocycles. The second-order valence-corrected chi connectivity index (χ2v) is 4.82. The molecule has 2 heterocycles. The zero-order valence-electron chi connectivity index (χ0n) is 10.6. The highest BCUT2D eigenvalue weighted by Crippen LogP contribution is 2.29. The zero-order valence-corrected chi connectivity index (χ0v) is 10.6. The third-order valence-corrected chi connectivity index (χ3v) is 3.63. The number of fused-ring (bicyclic) bond motifs is 1. The van der Waals surface area contributed by atoms with E-state index in [1.807, 2.05) is 24.7 Å².